The number of nitrogens with one attached hydrogen (secondary N) is 1. The normalized spacial score (nSPS) is 17.1. The molecule has 0 radical (unpaired) electrons. The van der Waals surface area contributed by atoms with E-state index in [0.717, 1.165) is 5.69 Å². The molecular formula is C15H14ClFN2O. The molecule has 1 aliphatic heterocycles. The van der Waals surface area contributed by atoms with E-state index in [1.165, 1.54) is 6.07 Å². The zero-order valence-corrected chi connectivity index (χ0v) is 11.5. The van der Waals surface area contributed by atoms with Gasteiger partial charge in [-0.1, -0.05) is 29.8 Å². The maximum Gasteiger partial charge on any atom is 0.144 e. The molecule has 0 unspecified atom stereocenters. The Kier molecular flexibility index (Phi) is 3.51. The van der Waals surface area contributed by atoms with Crippen LogP contribution in [0.1, 0.15) is 0 Å². The van der Waals surface area contributed by atoms with Crippen LogP contribution >= 0.6 is 11.6 Å². The van der Waals surface area contributed by atoms with E-state index in [9.17, 15) is 4.39 Å². The second-order valence-electron chi connectivity index (χ2n) is 4.69. The maximum atomic E-state index is 14.0. The fourth-order valence-electron chi connectivity index (χ4n) is 2.30. The minimum absolute atomic E-state index is 0.00852. The molecule has 0 aliphatic carbocycles. The van der Waals surface area contributed by atoms with Gasteiger partial charge >= 0.3 is 0 Å². The van der Waals surface area contributed by atoms with Gasteiger partial charge in [0.25, 0.3) is 0 Å². The minimum Gasteiger partial charge on any atom is -0.489 e. The third kappa shape index (κ3) is 2.32. The van der Waals surface area contributed by atoms with Gasteiger partial charge in [-0.25, -0.2) is 4.39 Å². The zero-order valence-electron chi connectivity index (χ0n) is 10.7. The molecule has 0 aromatic heterocycles. The number of rotatable bonds is 2. The van der Waals surface area contributed by atoms with Crippen molar-refractivity contribution in [1.29, 1.82) is 0 Å². The van der Waals surface area contributed by atoms with Gasteiger partial charge in [-0.2, -0.15) is 0 Å². The second-order valence-corrected chi connectivity index (χ2v) is 5.13. The molecule has 2 aromatic carbocycles. The second kappa shape index (κ2) is 5.31. The van der Waals surface area contributed by atoms with E-state index >= 15 is 0 Å². The fourth-order valence-corrected chi connectivity index (χ4v) is 2.51. The summed E-state index contributed by atoms with van der Waals surface area (Å²) in [7, 11) is 0. The Morgan fingerprint density at radius 2 is 2.10 bits per heavy atom. The third-order valence-corrected chi connectivity index (χ3v) is 3.52. The highest BCUT2D eigenvalue weighted by molar-refractivity contribution is 6.31. The van der Waals surface area contributed by atoms with Crippen molar-refractivity contribution in [2.24, 2.45) is 5.73 Å². The molecular weight excluding hydrogens is 279 g/mol. The number of hydrogen-bond acceptors (Lipinski definition) is 3. The standard InChI is InChI=1S/C15H14ClFN2O/c16-9-5-12(11-3-1-2-4-13(11)17)15-14(6-9)20-8-10(7-18)19-15/h1-6,10,19H,7-8,18H2/t10-/m0/s1. The predicted octanol–water partition coefficient (Wildman–Crippen LogP) is 3.28. The number of fused-ring (bicyclic) bond motifs is 1. The van der Waals surface area contributed by atoms with Crippen LogP contribution in [0.5, 0.6) is 5.75 Å². The van der Waals surface area contributed by atoms with E-state index in [-0.39, 0.29) is 11.9 Å². The van der Waals surface area contributed by atoms with Crippen LogP contribution in [0.15, 0.2) is 36.4 Å². The Morgan fingerprint density at radius 3 is 2.85 bits per heavy atom. The molecule has 1 atom stereocenters. The lowest BCUT2D eigenvalue weighted by molar-refractivity contribution is 0.287. The van der Waals surface area contributed by atoms with Crippen molar-refractivity contribution in [3.05, 3.63) is 47.2 Å². The van der Waals surface area contributed by atoms with Gasteiger partial charge in [-0.05, 0) is 12.1 Å². The van der Waals surface area contributed by atoms with Gasteiger partial charge in [0, 0.05) is 28.8 Å². The van der Waals surface area contributed by atoms with Crippen molar-refractivity contribution in [1.82, 2.24) is 0 Å². The summed E-state index contributed by atoms with van der Waals surface area (Å²) in [6, 6.07) is 10.0. The van der Waals surface area contributed by atoms with Crippen molar-refractivity contribution in [3.63, 3.8) is 0 Å². The Hall–Kier alpha value is -1.78. The number of nitrogens with two attached hydrogens (primary N) is 1. The third-order valence-electron chi connectivity index (χ3n) is 3.30. The fraction of sp³-hybridized carbons (Fsp3) is 0.200. The number of hydrogen-bond donors (Lipinski definition) is 2. The number of halogens is 2. The van der Waals surface area contributed by atoms with Crippen molar-refractivity contribution in [2.45, 2.75) is 6.04 Å². The monoisotopic (exact) mass is 292 g/mol. The first kappa shape index (κ1) is 13.2. The average molecular weight is 293 g/mol. The van der Waals surface area contributed by atoms with Crippen LogP contribution in [0, 0.1) is 5.82 Å². The van der Waals surface area contributed by atoms with E-state index < -0.39 is 0 Å². The molecule has 0 saturated carbocycles. The first-order valence-electron chi connectivity index (χ1n) is 6.37. The Morgan fingerprint density at radius 1 is 1.30 bits per heavy atom. The summed E-state index contributed by atoms with van der Waals surface area (Å²) in [5.41, 5.74) is 7.57. The van der Waals surface area contributed by atoms with Gasteiger partial charge in [0.05, 0.1) is 11.7 Å². The molecule has 1 heterocycles. The van der Waals surface area contributed by atoms with Gasteiger partial charge < -0.3 is 15.8 Å². The average Bonchev–Trinajstić information content (AvgIpc) is 2.46. The van der Waals surface area contributed by atoms with Crippen LogP contribution in [-0.2, 0) is 0 Å². The van der Waals surface area contributed by atoms with Crippen LogP contribution in [0.2, 0.25) is 5.02 Å². The highest BCUT2D eigenvalue weighted by Crippen LogP contribution is 2.41. The maximum absolute atomic E-state index is 14.0. The lowest BCUT2D eigenvalue weighted by atomic mass is 10.0. The lowest BCUT2D eigenvalue weighted by Gasteiger charge is -2.28. The Bertz CT molecular complexity index is 648. The summed E-state index contributed by atoms with van der Waals surface area (Å²) < 4.78 is 19.7. The van der Waals surface area contributed by atoms with E-state index in [1.807, 2.05) is 0 Å². The van der Waals surface area contributed by atoms with Crippen LogP contribution in [-0.4, -0.2) is 19.2 Å². The van der Waals surface area contributed by atoms with Gasteiger partial charge in [-0.3, -0.25) is 0 Å². The molecule has 1 aliphatic rings. The first-order valence-corrected chi connectivity index (χ1v) is 6.74. The molecule has 20 heavy (non-hydrogen) atoms. The Labute approximate surface area is 121 Å². The van der Waals surface area contributed by atoms with Crippen molar-refractivity contribution in [3.8, 4) is 16.9 Å². The summed E-state index contributed by atoms with van der Waals surface area (Å²) in [5.74, 6) is 0.328. The molecule has 104 valence electrons. The van der Waals surface area contributed by atoms with Crippen molar-refractivity contribution < 1.29 is 9.13 Å². The van der Waals surface area contributed by atoms with Crippen molar-refractivity contribution >= 4 is 17.3 Å². The van der Waals surface area contributed by atoms with Gasteiger partial charge in [0.1, 0.15) is 18.2 Å². The van der Waals surface area contributed by atoms with Crippen molar-refractivity contribution in [2.75, 3.05) is 18.5 Å². The summed E-state index contributed by atoms with van der Waals surface area (Å²) in [4.78, 5) is 0. The van der Waals surface area contributed by atoms with E-state index in [1.54, 1.807) is 30.3 Å². The minimum atomic E-state index is -0.298. The first-order chi connectivity index (χ1) is 9.69. The summed E-state index contributed by atoms with van der Waals surface area (Å²) in [6.45, 7) is 0.916. The Balaban J connectivity index is 2.16. The molecule has 3 nitrogen and oxygen atoms in total. The molecule has 0 spiro atoms. The topological polar surface area (TPSA) is 47.3 Å². The smallest absolute Gasteiger partial charge is 0.144 e. The molecule has 0 bridgehead atoms. The summed E-state index contributed by atoms with van der Waals surface area (Å²) in [6.07, 6.45) is 0. The van der Waals surface area contributed by atoms with Gasteiger partial charge in [-0.15, -0.1) is 0 Å². The zero-order chi connectivity index (χ0) is 14.1. The molecule has 2 aromatic rings. The molecule has 0 fully saturated rings. The summed E-state index contributed by atoms with van der Waals surface area (Å²) in [5, 5.41) is 3.80. The number of ether oxygens (including phenoxy) is 1. The molecule has 3 rings (SSSR count). The predicted molar refractivity (Wildman–Crippen MR) is 78.8 cm³/mol. The quantitative estimate of drug-likeness (QED) is 0.893. The molecule has 0 amide bonds. The van der Waals surface area contributed by atoms with Gasteiger partial charge in [0.15, 0.2) is 0 Å². The van der Waals surface area contributed by atoms with Crippen LogP contribution < -0.4 is 15.8 Å². The lowest BCUT2D eigenvalue weighted by Crippen LogP contribution is -2.37. The highest BCUT2D eigenvalue weighted by Gasteiger charge is 2.23. The van der Waals surface area contributed by atoms with E-state index in [0.29, 0.717) is 35.1 Å². The summed E-state index contributed by atoms with van der Waals surface area (Å²) >= 11 is 6.10. The van der Waals surface area contributed by atoms with Crippen LogP contribution in [0.4, 0.5) is 10.1 Å². The SMILES string of the molecule is NC[C@H]1COc2cc(Cl)cc(-c3ccccc3F)c2N1. The van der Waals surface area contributed by atoms with E-state index in [2.05, 4.69) is 5.32 Å². The van der Waals surface area contributed by atoms with E-state index in [4.69, 9.17) is 22.1 Å². The molecule has 0 saturated heterocycles. The largest absolute Gasteiger partial charge is 0.489 e. The molecule has 5 heteroatoms. The molecule has 3 N–H and O–H groups in total. The van der Waals surface area contributed by atoms with Crippen LogP contribution in [0.3, 0.4) is 0 Å². The van der Waals surface area contributed by atoms with Crippen LogP contribution in [0.25, 0.3) is 11.1 Å². The number of benzene rings is 2. The number of anilines is 1. The highest BCUT2D eigenvalue weighted by atomic mass is 35.5. The van der Waals surface area contributed by atoms with Gasteiger partial charge in [0.2, 0.25) is 0 Å².